The van der Waals surface area contributed by atoms with Crippen molar-refractivity contribution < 1.29 is 22.0 Å². The van der Waals surface area contributed by atoms with Crippen molar-refractivity contribution in [1.29, 1.82) is 0 Å². The van der Waals surface area contributed by atoms with Gasteiger partial charge in [0.05, 0.1) is 11.0 Å². The Labute approximate surface area is 224 Å². The minimum absolute atomic E-state index is 0.0470. The first-order valence-corrected chi connectivity index (χ1v) is 17.6. The molecule has 3 aromatic rings. The van der Waals surface area contributed by atoms with Crippen molar-refractivity contribution in [2.24, 2.45) is 0 Å². The van der Waals surface area contributed by atoms with Gasteiger partial charge in [0.2, 0.25) is 0 Å². The van der Waals surface area contributed by atoms with Crippen LogP contribution < -0.4 is 0 Å². The van der Waals surface area contributed by atoms with Crippen LogP contribution in [0, 0.1) is 6.65 Å². The summed E-state index contributed by atoms with van der Waals surface area (Å²) in [7, 11) is 4.51. The monoisotopic (exact) mass is 605 g/mol. The first kappa shape index (κ1) is 31.7. The maximum absolute atomic E-state index is 7.50. The first-order valence-electron chi connectivity index (χ1n) is 11.9. The number of rotatable bonds is 8. The summed E-state index contributed by atoms with van der Waals surface area (Å²) in [6.07, 6.45) is 2.35. The summed E-state index contributed by atoms with van der Waals surface area (Å²) in [5.41, 5.74) is 8.30. The Morgan fingerprint density at radius 3 is 1.32 bits per heavy atom. The molecular weight excluding hydrogens is 565 g/mol. The second-order valence-corrected chi connectivity index (χ2v) is 16.5. The number of aromatic nitrogens is 1. The quantitative estimate of drug-likeness (QED) is 0.0829. The zero-order valence-corrected chi connectivity index (χ0v) is 26.2. The summed E-state index contributed by atoms with van der Waals surface area (Å²) in [5, 5.41) is 2.57. The molecule has 0 amide bonds. The van der Waals surface area contributed by atoms with E-state index in [0.29, 0.717) is 0 Å². The van der Waals surface area contributed by atoms with Gasteiger partial charge in [-0.25, -0.2) is 4.98 Å². The fraction of sp³-hybridized carbons (Fsp3) is 0.500. The summed E-state index contributed by atoms with van der Waals surface area (Å²) in [5.74, 6) is 0. The molecule has 34 heavy (non-hydrogen) atoms. The van der Waals surface area contributed by atoms with Crippen LogP contribution in [0.5, 0.6) is 0 Å². The van der Waals surface area contributed by atoms with Crippen LogP contribution in [0.4, 0.5) is 0 Å². The van der Waals surface area contributed by atoms with Crippen molar-refractivity contribution in [3.63, 3.8) is 0 Å². The molecule has 0 aliphatic rings. The van der Waals surface area contributed by atoms with E-state index in [1.807, 2.05) is 0 Å². The predicted molar refractivity (Wildman–Crippen MR) is 152 cm³/mol. The Kier molecular flexibility index (Phi) is 14.6. The van der Waals surface area contributed by atoms with Crippen LogP contribution in [-0.2, 0) is 34.3 Å². The van der Waals surface area contributed by atoms with E-state index >= 15 is 0 Å². The SMILES string of the molecule is CC(C)P(Cc1cccc2cc3cccc(CP(C(C)C)C(C)C)c3nc12)C(C)C.[C-]#[O+].[Cl][RuH]. The third kappa shape index (κ3) is 8.34. The molecule has 0 saturated carbocycles. The topological polar surface area (TPSA) is 32.8 Å². The molecular formula is C28H40ClNOP2Ru. The average Bonchev–Trinajstić information content (AvgIpc) is 2.81. The van der Waals surface area contributed by atoms with Crippen molar-refractivity contribution in [2.45, 2.75) is 90.3 Å². The number of halogens is 1. The van der Waals surface area contributed by atoms with Gasteiger partial charge in [0, 0.05) is 10.8 Å². The third-order valence-corrected chi connectivity index (χ3v) is 12.9. The van der Waals surface area contributed by atoms with Crippen LogP contribution in [0.15, 0.2) is 42.5 Å². The average molecular weight is 605 g/mol. The van der Waals surface area contributed by atoms with Gasteiger partial charge in [-0.1, -0.05) is 108 Å². The molecule has 0 saturated heterocycles. The van der Waals surface area contributed by atoms with Crippen LogP contribution >= 0.6 is 25.5 Å². The predicted octanol–water partition coefficient (Wildman–Crippen LogP) is 9.37. The van der Waals surface area contributed by atoms with Gasteiger partial charge in [0.25, 0.3) is 0 Å². The van der Waals surface area contributed by atoms with Gasteiger partial charge in [-0.05, 0) is 52.2 Å². The molecule has 3 rings (SSSR count). The zero-order chi connectivity index (χ0) is 26.0. The van der Waals surface area contributed by atoms with E-state index in [0.717, 1.165) is 22.6 Å². The van der Waals surface area contributed by atoms with Crippen LogP contribution in [0.2, 0.25) is 0 Å². The first-order chi connectivity index (χ1) is 16.2. The van der Waals surface area contributed by atoms with Gasteiger partial charge < -0.3 is 0 Å². The summed E-state index contributed by atoms with van der Waals surface area (Å²) in [4.78, 5) is 5.34. The van der Waals surface area contributed by atoms with Gasteiger partial charge >= 0.3 is 38.3 Å². The van der Waals surface area contributed by atoms with E-state index in [1.165, 1.54) is 45.3 Å². The van der Waals surface area contributed by atoms with Crippen molar-refractivity contribution in [3.8, 4) is 0 Å². The fourth-order valence-corrected chi connectivity index (χ4v) is 9.72. The Morgan fingerprint density at radius 2 is 1.03 bits per heavy atom. The number of fused-ring (bicyclic) bond motifs is 2. The zero-order valence-electron chi connectivity index (χ0n) is 21.8. The van der Waals surface area contributed by atoms with Crippen LogP contribution in [0.3, 0.4) is 0 Å². The fourth-order valence-electron chi connectivity index (χ4n) is 4.58. The molecule has 1 aromatic heterocycles. The summed E-state index contributed by atoms with van der Waals surface area (Å²) < 4.78 is 7.50. The van der Waals surface area contributed by atoms with Crippen molar-refractivity contribution in [2.75, 3.05) is 0 Å². The van der Waals surface area contributed by atoms with Gasteiger partial charge in [-0.3, -0.25) is 0 Å². The second kappa shape index (κ2) is 15.7. The number of pyridine rings is 1. The van der Waals surface area contributed by atoms with Crippen molar-refractivity contribution in [3.05, 3.63) is 60.2 Å². The maximum atomic E-state index is 7.50. The Balaban J connectivity index is 0.00000137. The second-order valence-electron chi connectivity index (χ2n) is 9.69. The molecule has 0 atom stereocenters. The molecule has 6 heteroatoms. The molecule has 0 radical (unpaired) electrons. The van der Waals surface area contributed by atoms with Gasteiger partial charge in [-0.15, -0.1) is 0 Å². The van der Waals surface area contributed by atoms with E-state index in [2.05, 4.69) is 114 Å². The van der Waals surface area contributed by atoms with Gasteiger partial charge in [0.15, 0.2) is 0 Å². The van der Waals surface area contributed by atoms with Crippen LogP contribution in [0.25, 0.3) is 21.8 Å². The number of para-hydroxylation sites is 2. The van der Waals surface area contributed by atoms with Gasteiger partial charge in [-0.2, -0.15) is 0 Å². The number of benzene rings is 2. The minimum atomic E-state index is -0.0470. The molecule has 0 unspecified atom stereocenters. The van der Waals surface area contributed by atoms with Gasteiger partial charge in [0.1, 0.15) is 0 Å². The molecule has 1 heterocycles. The molecule has 0 aliphatic heterocycles. The standard InChI is InChI=1S/C27H39NP2.CO.ClH.Ru.H/c1-18(2)29(19(3)4)16-24-13-9-11-22-15-23-12-10-14-25(27(23)28-26(22)24)17-30(20(5)6)21(7)8;1-2;;;/h9-15,18-21H,16-17H2,1-8H3;;1H;;/q;;;+1;/p-1. The van der Waals surface area contributed by atoms with E-state index in [4.69, 9.17) is 9.64 Å². The Hall–Kier alpha value is -0.377. The summed E-state index contributed by atoms with van der Waals surface area (Å²) >= 11 is 1.62. The van der Waals surface area contributed by atoms with E-state index < -0.39 is 0 Å². The molecule has 2 aromatic carbocycles. The normalized spacial score (nSPS) is 11.5. The molecule has 0 spiro atoms. The molecule has 0 N–H and O–H groups in total. The third-order valence-electron chi connectivity index (χ3n) is 6.20. The number of hydrogen-bond donors (Lipinski definition) is 0. The van der Waals surface area contributed by atoms with E-state index in [-0.39, 0.29) is 15.8 Å². The van der Waals surface area contributed by atoms with Crippen molar-refractivity contribution >= 4 is 47.3 Å². The molecule has 0 bridgehead atoms. The van der Waals surface area contributed by atoms with E-state index in [9.17, 15) is 0 Å². The number of nitrogens with zero attached hydrogens (tertiary/aromatic N) is 1. The molecule has 0 aliphatic carbocycles. The van der Waals surface area contributed by atoms with Crippen LogP contribution in [-0.4, -0.2) is 27.6 Å². The van der Waals surface area contributed by atoms with Crippen molar-refractivity contribution in [1.82, 2.24) is 4.98 Å². The van der Waals surface area contributed by atoms with Crippen LogP contribution in [0.1, 0.15) is 66.5 Å². The van der Waals surface area contributed by atoms with E-state index in [1.54, 1.807) is 17.3 Å². The molecule has 0 fully saturated rings. The Morgan fingerprint density at radius 1 is 0.706 bits per heavy atom. The Bertz CT molecular complexity index is 959. The summed E-state index contributed by atoms with van der Waals surface area (Å²) in [6.45, 7) is 23.6. The molecule has 2 nitrogen and oxygen atoms in total. The number of hydrogen-bond acceptors (Lipinski definition) is 1. The summed E-state index contributed by atoms with van der Waals surface area (Å²) in [6, 6.07) is 15.9. The molecule has 188 valence electrons.